The van der Waals surface area contributed by atoms with Crippen LogP contribution in [0.3, 0.4) is 0 Å². The third-order valence-electron chi connectivity index (χ3n) is 1.73. The van der Waals surface area contributed by atoms with Crippen LogP contribution in [-0.4, -0.2) is 5.11 Å². The van der Waals surface area contributed by atoms with Crippen molar-refractivity contribution in [2.75, 3.05) is 0 Å². The molecule has 68 valence electrons. The van der Waals surface area contributed by atoms with Crippen LogP contribution in [0.15, 0.2) is 12.1 Å². The molecule has 0 aliphatic carbocycles. The number of aromatic hydroxyl groups is 1. The molecule has 1 atom stereocenters. The molecule has 0 heterocycles. The number of hydrogen-bond donors (Lipinski definition) is 1. The summed E-state index contributed by atoms with van der Waals surface area (Å²) >= 11 is 5.67. The number of halogens is 2. The topological polar surface area (TPSA) is 44.0 Å². The largest absolute Gasteiger partial charge is 0.505 e. The van der Waals surface area contributed by atoms with Crippen molar-refractivity contribution >= 4 is 11.6 Å². The third-order valence-corrected chi connectivity index (χ3v) is 2.06. The van der Waals surface area contributed by atoms with Gasteiger partial charge in [-0.15, -0.1) is 0 Å². The summed E-state index contributed by atoms with van der Waals surface area (Å²) in [5.41, 5.74) is 0.0455. The van der Waals surface area contributed by atoms with E-state index in [9.17, 15) is 4.39 Å². The second-order valence-corrected chi connectivity index (χ2v) is 3.05. The SMILES string of the molecule is CC(C#N)c1c(Cl)ccc(O)c1F. The molecule has 2 nitrogen and oxygen atoms in total. The highest BCUT2D eigenvalue weighted by molar-refractivity contribution is 6.31. The maximum atomic E-state index is 13.2. The first-order chi connectivity index (χ1) is 6.07. The minimum absolute atomic E-state index is 0.0455. The number of hydrogen-bond acceptors (Lipinski definition) is 2. The molecule has 13 heavy (non-hydrogen) atoms. The number of phenolic OH excluding ortho intramolecular Hbond substituents is 1. The Morgan fingerprint density at radius 1 is 1.62 bits per heavy atom. The van der Waals surface area contributed by atoms with Crippen molar-refractivity contribution in [2.24, 2.45) is 0 Å². The van der Waals surface area contributed by atoms with Gasteiger partial charge in [-0.3, -0.25) is 0 Å². The molecule has 0 saturated carbocycles. The molecule has 0 bridgehead atoms. The Morgan fingerprint density at radius 3 is 2.77 bits per heavy atom. The normalized spacial score (nSPS) is 12.2. The lowest BCUT2D eigenvalue weighted by Gasteiger charge is -2.07. The predicted molar refractivity (Wildman–Crippen MR) is 47.1 cm³/mol. The van der Waals surface area contributed by atoms with Gasteiger partial charge in [0.05, 0.1) is 12.0 Å². The highest BCUT2D eigenvalue weighted by Gasteiger charge is 2.17. The van der Waals surface area contributed by atoms with Crippen LogP contribution >= 0.6 is 11.6 Å². The zero-order chi connectivity index (χ0) is 10.0. The molecule has 0 saturated heterocycles. The van der Waals surface area contributed by atoms with Gasteiger partial charge in [-0.25, -0.2) is 4.39 Å². The van der Waals surface area contributed by atoms with E-state index in [2.05, 4.69) is 0 Å². The van der Waals surface area contributed by atoms with Crippen LogP contribution in [0.4, 0.5) is 4.39 Å². The Hall–Kier alpha value is -1.27. The van der Waals surface area contributed by atoms with Crippen LogP contribution in [0, 0.1) is 17.1 Å². The van der Waals surface area contributed by atoms with Gasteiger partial charge in [-0.05, 0) is 19.1 Å². The van der Waals surface area contributed by atoms with Gasteiger partial charge < -0.3 is 5.11 Å². The molecule has 0 aliphatic rings. The van der Waals surface area contributed by atoms with Gasteiger partial charge in [0.2, 0.25) is 0 Å². The average Bonchev–Trinajstić information content (AvgIpc) is 2.12. The lowest BCUT2D eigenvalue weighted by molar-refractivity contribution is 0.428. The smallest absolute Gasteiger partial charge is 0.170 e. The van der Waals surface area contributed by atoms with E-state index in [1.807, 2.05) is 6.07 Å². The maximum Gasteiger partial charge on any atom is 0.170 e. The maximum absolute atomic E-state index is 13.2. The van der Waals surface area contributed by atoms with Gasteiger partial charge >= 0.3 is 0 Å². The van der Waals surface area contributed by atoms with E-state index in [1.165, 1.54) is 13.0 Å². The first-order valence-electron chi connectivity index (χ1n) is 3.64. The fourth-order valence-corrected chi connectivity index (χ4v) is 1.33. The summed E-state index contributed by atoms with van der Waals surface area (Å²) in [7, 11) is 0. The Bertz CT molecular complexity index is 373. The van der Waals surface area contributed by atoms with Crippen LogP contribution in [-0.2, 0) is 0 Å². The van der Waals surface area contributed by atoms with E-state index < -0.39 is 17.5 Å². The molecule has 1 rings (SSSR count). The number of nitriles is 1. The fourth-order valence-electron chi connectivity index (χ4n) is 1.02. The van der Waals surface area contributed by atoms with E-state index >= 15 is 0 Å². The van der Waals surface area contributed by atoms with Gasteiger partial charge in [0.1, 0.15) is 0 Å². The molecule has 1 aromatic rings. The molecule has 0 spiro atoms. The van der Waals surface area contributed by atoms with Crippen molar-refractivity contribution in [1.82, 2.24) is 0 Å². The molecule has 0 fully saturated rings. The highest BCUT2D eigenvalue weighted by atomic mass is 35.5. The van der Waals surface area contributed by atoms with Crippen molar-refractivity contribution in [1.29, 1.82) is 5.26 Å². The number of nitrogens with zero attached hydrogens (tertiary/aromatic N) is 1. The van der Waals surface area contributed by atoms with E-state index in [4.69, 9.17) is 22.0 Å². The zero-order valence-corrected chi connectivity index (χ0v) is 7.64. The Balaban J connectivity index is 3.35. The van der Waals surface area contributed by atoms with E-state index in [0.717, 1.165) is 6.07 Å². The van der Waals surface area contributed by atoms with Crippen molar-refractivity contribution in [3.8, 4) is 11.8 Å². The Morgan fingerprint density at radius 2 is 2.23 bits per heavy atom. The average molecular weight is 200 g/mol. The quantitative estimate of drug-likeness (QED) is 0.756. The van der Waals surface area contributed by atoms with Crippen molar-refractivity contribution in [3.05, 3.63) is 28.5 Å². The summed E-state index contributed by atoms with van der Waals surface area (Å²) in [6.07, 6.45) is 0. The summed E-state index contributed by atoms with van der Waals surface area (Å²) < 4.78 is 13.2. The van der Waals surface area contributed by atoms with E-state index in [0.29, 0.717) is 0 Å². The molecular weight excluding hydrogens is 193 g/mol. The molecule has 1 aromatic carbocycles. The van der Waals surface area contributed by atoms with Gasteiger partial charge in [0.25, 0.3) is 0 Å². The lowest BCUT2D eigenvalue weighted by atomic mass is 10.0. The first kappa shape index (κ1) is 9.82. The zero-order valence-electron chi connectivity index (χ0n) is 6.88. The summed E-state index contributed by atoms with van der Waals surface area (Å²) in [6, 6.07) is 4.38. The van der Waals surface area contributed by atoms with Crippen molar-refractivity contribution in [3.63, 3.8) is 0 Å². The summed E-state index contributed by atoms with van der Waals surface area (Å²) in [5.74, 6) is -1.97. The van der Waals surface area contributed by atoms with E-state index in [-0.39, 0.29) is 10.6 Å². The number of phenols is 1. The standard InChI is InChI=1S/C9H7ClFNO/c1-5(4-12)8-6(10)2-3-7(13)9(8)11/h2-3,5,13H,1H3. The molecule has 0 aromatic heterocycles. The minimum Gasteiger partial charge on any atom is -0.505 e. The van der Waals surface area contributed by atoms with Gasteiger partial charge in [0, 0.05) is 10.6 Å². The van der Waals surface area contributed by atoms with Crippen LogP contribution in [0.2, 0.25) is 5.02 Å². The second kappa shape index (κ2) is 3.63. The monoisotopic (exact) mass is 199 g/mol. The Labute approximate surface area is 80.2 Å². The molecule has 1 unspecified atom stereocenters. The third kappa shape index (κ3) is 1.73. The molecule has 1 N–H and O–H groups in total. The number of rotatable bonds is 1. The molecular formula is C9H7ClFNO. The van der Waals surface area contributed by atoms with Crippen molar-refractivity contribution < 1.29 is 9.50 Å². The van der Waals surface area contributed by atoms with Crippen LogP contribution in [0.25, 0.3) is 0 Å². The van der Waals surface area contributed by atoms with Gasteiger partial charge in [-0.1, -0.05) is 11.6 Å². The highest BCUT2D eigenvalue weighted by Crippen LogP contribution is 2.31. The predicted octanol–water partition coefficient (Wildman–Crippen LogP) is 2.81. The summed E-state index contributed by atoms with van der Waals surface area (Å²) in [5, 5.41) is 17.8. The Kier molecular flexibility index (Phi) is 2.74. The van der Waals surface area contributed by atoms with E-state index in [1.54, 1.807) is 0 Å². The van der Waals surface area contributed by atoms with Gasteiger partial charge in [0.15, 0.2) is 11.6 Å². The summed E-state index contributed by atoms with van der Waals surface area (Å²) in [4.78, 5) is 0. The fraction of sp³-hybridized carbons (Fsp3) is 0.222. The van der Waals surface area contributed by atoms with Crippen LogP contribution in [0.1, 0.15) is 18.4 Å². The molecule has 4 heteroatoms. The van der Waals surface area contributed by atoms with Gasteiger partial charge in [-0.2, -0.15) is 5.26 Å². The number of benzene rings is 1. The minimum atomic E-state index is -0.818. The molecule has 0 aliphatic heterocycles. The van der Waals surface area contributed by atoms with Crippen LogP contribution < -0.4 is 0 Å². The van der Waals surface area contributed by atoms with Crippen molar-refractivity contribution in [2.45, 2.75) is 12.8 Å². The first-order valence-corrected chi connectivity index (χ1v) is 4.02. The lowest BCUT2D eigenvalue weighted by Crippen LogP contribution is -1.96. The molecule has 0 radical (unpaired) electrons. The van der Waals surface area contributed by atoms with Crippen LogP contribution in [0.5, 0.6) is 5.75 Å². The molecule has 0 amide bonds. The second-order valence-electron chi connectivity index (χ2n) is 2.64. The summed E-state index contributed by atoms with van der Waals surface area (Å²) in [6.45, 7) is 1.52.